The summed E-state index contributed by atoms with van der Waals surface area (Å²) in [4.78, 5) is 56.5. The third kappa shape index (κ3) is 11.7. The molecule has 14 heteroatoms. The third-order valence-electron chi connectivity index (χ3n) is 15.7. The fraction of sp³-hybridized carbons (Fsp3) is 0.365. The standard InChI is InChI=1S/C63H70N2O12/c1-34-46-26-47(57(75-41(8)67)30-56(46)74-40(7)66)35(2)52-29-53-37(4)49-27-48(58(76-42(9)68)31-59(49)77-43(10)69)36(3)51-28-50(34)60(70)54(61(51)71)32-64(38(5)44-20-14-11-15-21-44)24-18-13-19-25-65(33-55(62(52)72)63(53)73)39(6)45-22-16-12-17-23-45/h11-12,14-17,20-23,26-31,34-39,70-73H,13,18-19,24-25,32-33H2,1-10H3/t34?,35?,36?,37?,38-,39-/m1/s1. The van der Waals surface area contributed by atoms with Gasteiger partial charge in [0, 0.05) is 133 Å². The van der Waals surface area contributed by atoms with E-state index in [9.17, 15) is 39.6 Å². The second-order valence-corrected chi connectivity index (χ2v) is 20.8. The molecule has 6 aromatic rings. The van der Waals surface area contributed by atoms with E-state index in [4.69, 9.17) is 18.9 Å². The molecular formula is C63H70N2O12. The normalized spacial score (nSPS) is 18.9. The molecule has 0 radical (unpaired) electrons. The maximum Gasteiger partial charge on any atom is 0.308 e. The van der Waals surface area contributed by atoms with Gasteiger partial charge in [-0.05, 0) is 75.2 Å². The van der Waals surface area contributed by atoms with Crippen LogP contribution in [0.15, 0.2) is 97.1 Å². The molecule has 4 N–H and O–H groups in total. The minimum Gasteiger partial charge on any atom is -0.507 e. The highest BCUT2D eigenvalue weighted by Crippen LogP contribution is 2.53. The SMILES string of the molecule is CC(=O)Oc1cc(OC(C)=O)c2cc1C(C)c1cc3c(O)c(c1O)CN([C@H](C)c1ccccc1)CCCCCN([C@H](C)c1ccccc1)Cc1c(O)c(cc(c1O)C(C)c1cc(c(OC(C)=O)cc1OC(C)=O)C3C)C2C. The van der Waals surface area contributed by atoms with Crippen molar-refractivity contribution in [2.24, 2.45) is 0 Å². The molecule has 14 nitrogen and oxygen atoms in total. The van der Waals surface area contributed by atoms with E-state index < -0.39 is 47.5 Å². The number of benzene rings is 6. The van der Waals surface area contributed by atoms with Crippen molar-refractivity contribution < 1.29 is 58.6 Å². The summed E-state index contributed by atoms with van der Waals surface area (Å²) in [5.74, 6) is -6.51. The zero-order chi connectivity index (χ0) is 55.6. The van der Waals surface area contributed by atoms with Gasteiger partial charge in [-0.2, -0.15) is 0 Å². The van der Waals surface area contributed by atoms with Crippen LogP contribution in [0.4, 0.5) is 0 Å². The molecular weight excluding hydrogens is 977 g/mol. The second kappa shape index (κ2) is 23.3. The molecule has 1 aliphatic carbocycles. The highest BCUT2D eigenvalue weighted by molar-refractivity contribution is 5.76. The maximum absolute atomic E-state index is 13.0. The zero-order valence-corrected chi connectivity index (χ0v) is 45.6. The molecule has 0 aromatic heterocycles. The smallest absolute Gasteiger partial charge is 0.308 e. The predicted octanol–water partition coefficient (Wildman–Crippen LogP) is 12.4. The average Bonchev–Trinajstić information content (AvgIpc) is 3.41. The summed E-state index contributed by atoms with van der Waals surface area (Å²) < 4.78 is 23.8. The third-order valence-corrected chi connectivity index (χ3v) is 15.7. The summed E-state index contributed by atoms with van der Waals surface area (Å²) >= 11 is 0. The molecule has 0 fully saturated rings. The van der Waals surface area contributed by atoms with Gasteiger partial charge in [0.25, 0.3) is 0 Å². The molecule has 0 spiro atoms. The Balaban J connectivity index is 1.54. The Bertz CT molecular complexity index is 2860. The second-order valence-electron chi connectivity index (χ2n) is 20.8. The number of hydrogen-bond donors (Lipinski definition) is 4. The van der Waals surface area contributed by atoms with Crippen molar-refractivity contribution in [2.45, 2.75) is 137 Å². The van der Waals surface area contributed by atoms with Gasteiger partial charge in [0.1, 0.15) is 46.0 Å². The number of hydrogen-bond acceptors (Lipinski definition) is 14. The van der Waals surface area contributed by atoms with Crippen molar-refractivity contribution in [3.8, 4) is 46.0 Å². The molecule has 0 saturated carbocycles. The quantitative estimate of drug-likeness (QED) is 0.0831. The first-order valence-electron chi connectivity index (χ1n) is 26.5. The van der Waals surface area contributed by atoms with Crippen LogP contribution in [0.2, 0.25) is 0 Å². The Morgan fingerprint density at radius 1 is 0.416 bits per heavy atom. The number of esters is 4. The Morgan fingerprint density at radius 3 is 0.935 bits per heavy atom. The van der Waals surface area contributed by atoms with Crippen molar-refractivity contribution in [1.29, 1.82) is 0 Å². The molecule has 3 aliphatic rings. The molecule has 0 saturated heterocycles. The maximum atomic E-state index is 13.0. The number of phenolic OH excluding ortho intramolecular Hbond substituents is 4. The summed E-state index contributed by atoms with van der Waals surface area (Å²) in [6.07, 6.45) is 2.26. The number of fused-ring (bicyclic) bond motifs is 8. The topological polar surface area (TPSA) is 193 Å². The fourth-order valence-corrected chi connectivity index (χ4v) is 11.3. The van der Waals surface area contributed by atoms with Crippen molar-refractivity contribution >= 4 is 23.9 Å². The molecule has 6 atom stereocenters. The Hall–Kier alpha value is -7.68. The van der Waals surface area contributed by atoms with E-state index in [0.717, 1.165) is 30.4 Å². The summed E-state index contributed by atoms with van der Waals surface area (Å²) in [6.45, 7) is 17.9. The van der Waals surface area contributed by atoms with Gasteiger partial charge in [-0.25, -0.2) is 0 Å². The van der Waals surface area contributed by atoms with Crippen molar-refractivity contribution in [3.63, 3.8) is 0 Å². The Kier molecular flexibility index (Phi) is 16.8. The van der Waals surface area contributed by atoms with Crippen LogP contribution in [0.25, 0.3) is 0 Å². The predicted molar refractivity (Wildman–Crippen MR) is 292 cm³/mol. The Labute approximate surface area is 450 Å². The molecule has 0 amide bonds. The van der Waals surface area contributed by atoms with E-state index in [1.807, 2.05) is 64.1 Å². The van der Waals surface area contributed by atoms with Crippen LogP contribution >= 0.6 is 0 Å². The molecule has 2 heterocycles. The summed E-state index contributed by atoms with van der Waals surface area (Å²) in [5.41, 5.74) is 5.54. The number of aromatic hydroxyl groups is 4. The number of nitrogens with zero attached hydrogens (tertiary/aromatic N) is 2. The lowest BCUT2D eigenvalue weighted by atomic mass is 9.79. The van der Waals surface area contributed by atoms with E-state index in [1.54, 1.807) is 24.3 Å². The fourth-order valence-electron chi connectivity index (χ4n) is 11.3. The van der Waals surface area contributed by atoms with Crippen LogP contribution < -0.4 is 18.9 Å². The van der Waals surface area contributed by atoms with Crippen molar-refractivity contribution in [2.75, 3.05) is 13.1 Å². The van der Waals surface area contributed by atoms with Gasteiger partial charge in [-0.15, -0.1) is 0 Å². The van der Waals surface area contributed by atoms with E-state index in [-0.39, 0.29) is 82.3 Å². The molecule has 404 valence electrons. The van der Waals surface area contributed by atoms with Gasteiger partial charge < -0.3 is 39.4 Å². The summed E-state index contributed by atoms with van der Waals surface area (Å²) in [6, 6.07) is 29.4. The van der Waals surface area contributed by atoms with Gasteiger partial charge in [-0.3, -0.25) is 29.0 Å². The number of phenols is 4. The van der Waals surface area contributed by atoms with Crippen LogP contribution in [0.1, 0.15) is 191 Å². The van der Waals surface area contributed by atoms with Crippen LogP contribution in [0, 0.1) is 0 Å². The number of carbonyl (C=O) groups is 4. The summed E-state index contributed by atoms with van der Waals surface area (Å²) in [5, 5.41) is 51.6. The molecule has 2 aliphatic heterocycles. The number of rotatable bonds is 8. The van der Waals surface area contributed by atoms with Crippen molar-refractivity contribution in [1.82, 2.24) is 9.80 Å². The zero-order valence-electron chi connectivity index (χ0n) is 45.6. The minimum absolute atomic E-state index is 0.0433. The molecule has 10 bridgehead atoms. The monoisotopic (exact) mass is 1050 g/mol. The van der Waals surface area contributed by atoms with Crippen LogP contribution in [-0.2, 0) is 32.3 Å². The lowest BCUT2D eigenvalue weighted by Gasteiger charge is -2.33. The van der Waals surface area contributed by atoms with E-state index in [2.05, 4.69) is 47.9 Å². The van der Waals surface area contributed by atoms with Gasteiger partial charge in [0.2, 0.25) is 0 Å². The van der Waals surface area contributed by atoms with Gasteiger partial charge in [0.15, 0.2) is 0 Å². The minimum atomic E-state index is -0.812. The number of ether oxygens (including phenoxy) is 4. The lowest BCUT2D eigenvalue weighted by Crippen LogP contribution is -2.29. The molecule has 6 aromatic carbocycles. The molecule has 77 heavy (non-hydrogen) atoms. The van der Waals surface area contributed by atoms with Crippen LogP contribution in [-0.4, -0.2) is 67.2 Å². The molecule has 9 rings (SSSR count). The highest BCUT2D eigenvalue weighted by Gasteiger charge is 2.35. The Morgan fingerprint density at radius 2 is 0.675 bits per heavy atom. The molecule has 4 unspecified atom stereocenters. The lowest BCUT2D eigenvalue weighted by molar-refractivity contribution is -0.133. The first kappa shape index (κ1) is 55.5. The largest absolute Gasteiger partial charge is 0.507 e. The first-order valence-corrected chi connectivity index (χ1v) is 26.5. The number of carbonyl (C=O) groups excluding carboxylic acids is 4. The van der Waals surface area contributed by atoms with Crippen LogP contribution in [0.5, 0.6) is 46.0 Å². The average molecular weight is 1050 g/mol. The summed E-state index contributed by atoms with van der Waals surface area (Å²) in [7, 11) is 0. The van der Waals surface area contributed by atoms with Gasteiger partial charge >= 0.3 is 23.9 Å². The highest BCUT2D eigenvalue weighted by atomic mass is 16.6. The van der Waals surface area contributed by atoms with E-state index >= 15 is 0 Å². The van der Waals surface area contributed by atoms with Gasteiger partial charge in [0.05, 0.1) is 11.1 Å². The van der Waals surface area contributed by atoms with Crippen LogP contribution in [0.3, 0.4) is 0 Å². The van der Waals surface area contributed by atoms with Gasteiger partial charge in [-0.1, -0.05) is 94.8 Å². The first-order chi connectivity index (χ1) is 36.6. The van der Waals surface area contributed by atoms with E-state index in [1.165, 1.54) is 39.8 Å². The van der Waals surface area contributed by atoms with E-state index in [0.29, 0.717) is 57.6 Å². The van der Waals surface area contributed by atoms with Crippen molar-refractivity contribution in [3.05, 3.63) is 164 Å².